The summed E-state index contributed by atoms with van der Waals surface area (Å²) in [4.78, 5) is 0. The number of quaternary nitrogens is 1. The highest BCUT2D eigenvalue weighted by Gasteiger charge is 2.22. The normalized spacial score (nSPS) is 27.3. The van der Waals surface area contributed by atoms with E-state index in [0.29, 0.717) is 0 Å². The molecule has 1 heterocycles. The molecule has 9 heavy (non-hydrogen) atoms. The third kappa shape index (κ3) is 2.33. The first-order valence-electron chi connectivity index (χ1n) is 3.76. The van der Waals surface area contributed by atoms with Crippen LogP contribution in [0.25, 0.3) is 0 Å². The van der Waals surface area contributed by atoms with Crippen molar-refractivity contribution in [2.45, 2.75) is 25.7 Å². The lowest BCUT2D eigenvalue weighted by molar-refractivity contribution is -1.11. The smallest absolute Gasteiger partial charge is 0.112 e. The second-order valence-corrected chi connectivity index (χ2v) is 3.16. The molecule has 0 saturated carbocycles. The summed E-state index contributed by atoms with van der Waals surface area (Å²) in [6.07, 6.45) is 4.77. The summed E-state index contributed by atoms with van der Waals surface area (Å²) in [5.41, 5.74) is 0. The molecule has 0 amide bonds. The van der Waals surface area contributed by atoms with Gasteiger partial charge in [-0.25, -0.2) is 0 Å². The highest BCUT2D eigenvalue weighted by atomic mass is 16.5. The van der Waals surface area contributed by atoms with Gasteiger partial charge in [-0.3, -0.25) is 0 Å². The molecule has 1 fully saturated rings. The first-order valence-corrected chi connectivity index (χ1v) is 3.76. The summed E-state index contributed by atoms with van der Waals surface area (Å²) >= 11 is 0. The predicted molar refractivity (Wildman–Crippen MR) is 35.1 cm³/mol. The molecular formula is C7H15NO+. The van der Waals surface area contributed by atoms with Crippen molar-refractivity contribution in [2.75, 3.05) is 20.1 Å². The van der Waals surface area contributed by atoms with Crippen LogP contribution in [-0.4, -0.2) is 24.8 Å². The average molecular weight is 129 g/mol. The number of nitrogens with zero attached hydrogens (tertiary/aromatic N) is 1. The fourth-order valence-corrected chi connectivity index (χ4v) is 1.36. The third-order valence-electron chi connectivity index (χ3n) is 2.01. The molecule has 0 unspecified atom stereocenters. The van der Waals surface area contributed by atoms with Gasteiger partial charge < -0.3 is 0 Å². The largest absolute Gasteiger partial charge is 0.144 e. The lowest BCUT2D eigenvalue weighted by atomic mass is 10.2. The summed E-state index contributed by atoms with van der Waals surface area (Å²) in [6.45, 7) is 1.67. The van der Waals surface area contributed by atoms with E-state index in [-0.39, 0.29) is 4.65 Å². The number of hydroxylamine groups is 3. The van der Waals surface area contributed by atoms with E-state index in [1.807, 2.05) is 0 Å². The molecule has 0 N–H and O–H groups in total. The number of rotatable bonds is 0. The molecule has 1 radical (unpaired) electrons. The van der Waals surface area contributed by atoms with Crippen LogP contribution >= 0.6 is 0 Å². The Morgan fingerprint density at radius 1 is 1.00 bits per heavy atom. The van der Waals surface area contributed by atoms with Crippen molar-refractivity contribution in [3.8, 4) is 0 Å². The summed E-state index contributed by atoms with van der Waals surface area (Å²) in [7, 11) is 1.78. The van der Waals surface area contributed by atoms with Gasteiger partial charge in [-0.2, -0.15) is 0 Å². The van der Waals surface area contributed by atoms with Gasteiger partial charge in [0.2, 0.25) is 0 Å². The molecule has 0 aromatic carbocycles. The third-order valence-corrected chi connectivity index (χ3v) is 2.01. The summed E-state index contributed by atoms with van der Waals surface area (Å²) in [5.74, 6) is 0. The number of hydrogen-bond donors (Lipinski definition) is 0. The fourth-order valence-electron chi connectivity index (χ4n) is 1.36. The zero-order valence-electron chi connectivity index (χ0n) is 6.10. The van der Waals surface area contributed by atoms with E-state index in [0.717, 1.165) is 25.9 Å². The van der Waals surface area contributed by atoms with Crippen molar-refractivity contribution in [1.82, 2.24) is 0 Å². The van der Waals surface area contributed by atoms with Crippen molar-refractivity contribution in [3.05, 3.63) is 0 Å². The highest BCUT2D eigenvalue weighted by molar-refractivity contribution is 4.46. The van der Waals surface area contributed by atoms with Crippen LogP contribution in [0.1, 0.15) is 25.7 Å². The standard InChI is InChI=1S/C7H15NO/c1-8(9)6-4-2-3-5-7-8/h2-7H2,1H3/q+1. The molecule has 0 atom stereocenters. The van der Waals surface area contributed by atoms with E-state index in [9.17, 15) is 5.21 Å². The SMILES string of the molecule is C[N+]1([O])CCCCCC1. The minimum Gasteiger partial charge on any atom is -0.144 e. The lowest BCUT2D eigenvalue weighted by Crippen LogP contribution is -2.39. The van der Waals surface area contributed by atoms with Gasteiger partial charge in [-0.15, -0.1) is 4.65 Å². The van der Waals surface area contributed by atoms with Crippen LogP contribution < -0.4 is 0 Å². The molecule has 0 aliphatic carbocycles. The topological polar surface area (TPSA) is 19.9 Å². The maximum absolute atomic E-state index is 11.3. The Kier molecular flexibility index (Phi) is 2.09. The van der Waals surface area contributed by atoms with Crippen molar-refractivity contribution in [1.29, 1.82) is 0 Å². The van der Waals surface area contributed by atoms with E-state index >= 15 is 0 Å². The molecule has 0 bridgehead atoms. The highest BCUT2D eigenvalue weighted by Crippen LogP contribution is 2.12. The molecule has 2 heteroatoms. The molecule has 1 aliphatic heterocycles. The van der Waals surface area contributed by atoms with Crippen LogP contribution in [0.4, 0.5) is 0 Å². The second-order valence-electron chi connectivity index (χ2n) is 3.16. The molecule has 1 saturated heterocycles. The number of likely N-dealkylation sites (tertiary alicyclic amines) is 1. The Morgan fingerprint density at radius 3 is 1.89 bits per heavy atom. The molecule has 1 aliphatic rings. The lowest BCUT2D eigenvalue weighted by Gasteiger charge is -2.18. The van der Waals surface area contributed by atoms with E-state index in [4.69, 9.17) is 0 Å². The van der Waals surface area contributed by atoms with Crippen molar-refractivity contribution in [3.63, 3.8) is 0 Å². The van der Waals surface area contributed by atoms with Crippen molar-refractivity contribution >= 4 is 0 Å². The zero-order chi connectivity index (χ0) is 6.74. The minimum atomic E-state index is 0. The van der Waals surface area contributed by atoms with Crippen molar-refractivity contribution < 1.29 is 9.85 Å². The Balaban J connectivity index is 2.36. The van der Waals surface area contributed by atoms with Gasteiger partial charge >= 0.3 is 0 Å². The number of hydrogen-bond acceptors (Lipinski definition) is 0. The molecule has 0 aromatic rings. The quantitative estimate of drug-likeness (QED) is 0.440. The summed E-state index contributed by atoms with van der Waals surface area (Å²) in [5, 5.41) is 11.3. The molecule has 0 aromatic heterocycles. The summed E-state index contributed by atoms with van der Waals surface area (Å²) in [6, 6.07) is 0. The Hall–Kier alpha value is -0.0800. The summed E-state index contributed by atoms with van der Waals surface area (Å²) < 4.78 is 0. The van der Waals surface area contributed by atoms with E-state index < -0.39 is 0 Å². The molecular weight excluding hydrogens is 114 g/mol. The van der Waals surface area contributed by atoms with Crippen LogP contribution in [0.15, 0.2) is 0 Å². The average Bonchev–Trinajstić information content (AvgIpc) is 1.92. The monoisotopic (exact) mass is 129 g/mol. The van der Waals surface area contributed by atoms with Crippen LogP contribution in [0.5, 0.6) is 0 Å². The Bertz CT molecular complexity index is 80.9. The molecule has 53 valence electrons. The van der Waals surface area contributed by atoms with Gasteiger partial charge in [-0.05, 0) is 25.7 Å². The maximum Gasteiger partial charge on any atom is 0.112 e. The Morgan fingerprint density at radius 2 is 1.44 bits per heavy atom. The zero-order valence-corrected chi connectivity index (χ0v) is 6.10. The fraction of sp³-hybridized carbons (Fsp3) is 1.00. The van der Waals surface area contributed by atoms with Crippen LogP contribution in [-0.2, 0) is 5.21 Å². The van der Waals surface area contributed by atoms with Gasteiger partial charge in [0.25, 0.3) is 0 Å². The Labute approximate surface area is 56.6 Å². The van der Waals surface area contributed by atoms with E-state index in [1.54, 1.807) is 7.05 Å². The van der Waals surface area contributed by atoms with E-state index in [2.05, 4.69) is 0 Å². The van der Waals surface area contributed by atoms with Gasteiger partial charge in [0.15, 0.2) is 0 Å². The van der Waals surface area contributed by atoms with Crippen molar-refractivity contribution in [2.24, 2.45) is 0 Å². The molecule has 1 rings (SSSR count). The first-order chi connectivity index (χ1) is 4.21. The van der Waals surface area contributed by atoms with Gasteiger partial charge in [-0.1, -0.05) is 0 Å². The molecule has 0 spiro atoms. The van der Waals surface area contributed by atoms with Crippen LogP contribution in [0, 0.1) is 0 Å². The maximum atomic E-state index is 11.3. The van der Waals surface area contributed by atoms with Gasteiger partial charge in [0, 0.05) is 5.21 Å². The second kappa shape index (κ2) is 2.67. The van der Waals surface area contributed by atoms with Gasteiger partial charge in [0.1, 0.15) is 20.1 Å². The van der Waals surface area contributed by atoms with E-state index in [1.165, 1.54) is 12.8 Å². The predicted octanol–water partition coefficient (Wildman–Crippen LogP) is 1.35. The van der Waals surface area contributed by atoms with Crippen LogP contribution in [0.3, 0.4) is 0 Å². The molecule has 2 nitrogen and oxygen atoms in total. The van der Waals surface area contributed by atoms with Gasteiger partial charge in [0.05, 0.1) is 0 Å². The minimum absolute atomic E-state index is 0. The first kappa shape index (κ1) is 7.03. The van der Waals surface area contributed by atoms with Crippen LogP contribution in [0.2, 0.25) is 0 Å².